The van der Waals surface area contributed by atoms with Crippen LogP contribution in [0.5, 0.6) is 0 Å². The maximum Gasteiger partial charge on any atom is 0.252 e. The molecule has 0 bridgehead atoms. The standard InChI is InChI=1S/C78H56BN3Si2/c1-7-31-59(32-8-1)83(60-33-9-2-10-34-60,61-35-11-3-12-36-61)65-43-29-30-57(54-65)80-72-50-25-21-46-68(72)79-69-47-22-26-51-73(69)82(76-56-58(55-75(80)78(76)79)81-70-48-23-19-44-66(70)67-45-20-24-49-71(67)81)74-52-27-28-53-77(74)84(62-37-13-4-14-38-62,63-39-15-5-16-40-63)64-41-17-6-18-42-64/h1-56H. The summed E-state index contributed by atoms with van der Waals surface area (Å²) in [7, 11) is -6.08. The molecule has 0 N–H and O–H groups in total. The first-order chi connectivity index (χ1) is 41.7. The van der Waals surface area contributed by atoms with Gasteiger partial charge in [0, 0.05) is 44.9 Å². The van der Waals surface area contributed by atoms with E-state index in [2.05, 4.69) is 354 Å². The van der Waals surface area contributed by atoms with Gasteiger partial charge in [-0.3, -0.25) is 0 Å². The van der Waals surface area contributed by atoms with E-state index >= 15 is 0 Å². The van der Waals surface area contributed by atoms with Crippen LogP contribution in [0.25, 0.3) is 27.5 Å². The van der Waals surface area contributed by atoms with Crippen LogP contribution in [-0.4, -0.2) is 27.4 Å². The fourth-order valence-electron chi connectivity index (χ4n) is 14.7. The first-order valence-electron chi connectivity index (χ1n) is 29.2. The normalized spacial score (nSPS) is 12.7. The SMILES string of the molecule is c1ccc([Si](c2ccccc2)(c2ccccc2)c2cccc(N3c4ccccc4B4c5ccccc5N(c5ccccc5[Si](c5ccccc5)(c5ccccc5)c5ccccc5)c5cc(-n6c7ccccc7c7ccccc76)cc3c54)c2)cc1. The molecule has 0 unspecified atom stereocenters. The van der Waals surface area contributed by atoms with Crippen molar-refractivity contribution in [1.82, 2.24) is 4.57 Å². The number of rotatable bonds is 11. The number of nitrogens with zero attached hydrogens (tertiary/aromatic N) is 3. The van der Waals surface area contributed by atoms with Crippen molar-refractivity contribution in [3.8, 4) is 5.69 Å². The minimum absolute atomic E-state index is 0.0803. The topological polar surface area (TPSA) is 11.4 Å². The number of benzene rings is 13. The molecule has 394 valence electrons. The van der Waals surface area contributed by atoms with Gasteiger partial charge in [0.2, 0.25) is 0 Å². The molecule has 0 saturated carbocycles. The third-order valence-corrected chi connectivity index (χ3v) is 27.6. The molecular formula is C78H56BN3Si2. The number of aromatic nitrogens is 1. The summed E-state index contributed by atoms with van der Waals surface area (Å²) in [5.74, 6) is 0. The van der Waals surface area contributed by atoms with Crippen LogP contribution in [0, 0.1) is 0 Å². The second-order valence-electron chi connectivity index (χ2n) is 22.3. The molecular weight excluding hydrogens is 1050 g/mol. The highest BCUT2D eigenvalue weighted by Crippen LogP contribution is 2.46. The van der Waals surface area contributed by atoms with Crippen LogP contribution in [0.2, 0.25) is 0 Å². The van der Waals surface area contributed by atoms with E-state index in [1.54, 1.807) is 0 Å². The highest BCUT2D eigenvalue weighted by atomic mass is 28.3. The van der Waals surface area contributed by atoms with Crippen LogP contribution in [0.3, 0.4) is 0 Å². The van der Waals surface area contributed by atoms with E-state index in [1.807, 2.05) is 0 Å². The van der Waals surface area contributed by atoms with Gasteiger partial charge in [-0.25, -0.2) is 0 Å². The zero-order valence-corrected chi connectivity index (χ0v) is 48.3. The molecule has 16 rings (SSSR count). The van der Waals surface area contributed by atoms with Gasteiger partial charge >= 0.3 is 0 Å². The van der Waals surface area contributed by atoms with Crippen molar-refractivity contribution in [3.05, 3.63) is 340 Å². The molecule has 84 heavy (non-hydrogen) atoms. The highest BCUT2D eigenvalue weighted by molar-refractivity contribution is 7.21. The fraction of sp³-hybridized carbons (Fsp3) is 0. The Labute approximate surface area is 493 Å². The van der Waals surface area contributed by atoms with Crippen LogP contribution in [0.4, 0.5) is 34.1 Å². The van der Waals surface area contributed by atoms with Crippen molar-refractivity contribution in [3.63, 3.8) is 0 Å². The molecule has 3 heterocycles. The lowest BCUT2D eigenvalue weighted by Gasteiger charge is -2.46. The summed E-state index contributed by atoms with van der Waals surface area (Å²) in [6.45, 7) is -0.0803. The highest BCUT2D eigenvalue weighted by Gasteiger charge is 2.48. The van der Waals surface area contributed by atoms with Crippen molar-refractivity contribution < 1.29 is 0 Å². The van der Waals surface area contributed by atoms with Gasteiger partial charge in [0.15, 0.2) is 16.1 Å². The number of anilines is 6. The lowest BCUT2D eigenvalue weighted by molar-refractivity contribution is 1.16. The fourth-order valence-corrected chi connectivity index (χ4v) is 24.4. The van der Waals surface area contributed by atoms with Gasteiger partial charge in [-0.2, -0.15) is 0 Å². The summed E-state index contributed by atoms with van der Waals surface area (Å²) in [6.07, 6.45) is 0. The second kappa shape index (κ2) is 20.3. The maximum atomic E-state index is 2.66. The van der Waals surface area contributed by atoms with Crippen molar-refractivity contribution in [2.75, 3.05) is 9.80 Å². The van der Waals surface area contributed by atoms with E-state index in [4.69, 9.17) is 0 Å². The molecule has 3 nitrogen and oxygen atoms in total. The van der Waals surface area contributed by atoms with Gasteiger partial charge in [0.1, 0.15) is 0 Å². The second-order valence-corrected chi connectivity index (χ2v) is 29.8. The zero-order chi connectivity index (χ0) is 55.6. The molecule has 0 spiro atoms. The van der Waals surface area contributed by atoms with Crippen molar-refractivity contribution >= 4 is 137 Å². The molecule has 0 fully saturated rings. The van der Waals surface area contributed by atoms with Gasteiger partial charge in [-0.05, 0) is 112 Å². The summed E-state index contributed by atoms with van der Waals surface area (Å²) in [5.41, 5.74) is 14.2. The lowest BCUT2D eigenvalue weighted by atomic mass is 9.33. The monoisotopic (exact) mass is 1100 g/mol. The Balaban J connectivity index is 1.03. The Kier molecular flexibility index (Phi) is 12.0. The van der Waals surface area contributed by atoms with E-state index in [0.29, 0.717) is 0 Å². The van der Waals surface area contributed by atoms with Gasteiger partial charge < -0.3 is 14.4 Å². The quantitative estimate of drug-likeness (QED) is 0.0945. The van der Waals surface area contributed by atoms with E-state index in [-0.39, 0.29) is 6.71 Å². The minimum atomic E-state index is -3.12. The summed E-state index contributed by atoms with van der Waals surface area (Å²) in [5, 5.41) is 13.1. The Morgan fingerprint density at radius 3 is 1.07 bits per heavy atom. The molecule has 0 atom stereocenters. The Hall–Kier alpha value is -10.2. The average molecular weight is 1100 g/mol. The van der Waals surface area contributed by atoms with Crippen LogP contribution in [0.1, 0.15) is 0 Å². The Bertz CT molecular complexity index is 4500. The molecule has 13 aromatic carbocycles. The molecule has 14 aromatic rings. The number of fused-ring (bicyclic) bond motifs is 7. The molecule has 0 aliphatic carbocycles. The zero-order valence-electron chi connectivity index (χ0n) is 46.3. The molecule has 0 radical (unpaired) electrons. The van der Waals surface area contributed by atoms with Crippen LogP contribution in [-0.2, 0) is 0 Å². The predicted octanol–water partition coefficient (Wildman–Crippen LogP) is 11.6. The van der Waals surface area contributed by atoms with Gasteiger partial charge in [-0.15, -0.1) is 0 Å². The van der Waals surface area contributed by atoms with E-state index < -0.39 is 16.1 Å². The third kappa shape index (κ3) is 7.51. The van der Waals surface area contributed by atoms with E-state index in [0.717, 1.165) is 22.7 Å². The summed E-state index contributed by atoms with van der Waals surface area (Å²) < 4.78 is 2.52. The van der Waals surface area contributed by atoms with Gasteiger partial charge in [0.05, 0.1) is 16.7 Å². The van der Waals surface area contributed by atoms with E-state index in [9.17, 15) is 0 Å². The number of hydrogen-bond donors (Lipinski definition) is 0. The molecule has 0 saturated heterocycles. The van der Waals surface area contributed by atoms with Crippen molar-refractivity contribution in [2.24, 2.45) is 0 Å². The lowest BCUT2D eigenvalue weighted by Crippen LogP contribution is -2.75. The molecule has 0 amide bonds. The maximum absolute atomic E-state index is 3.12. The predicted molar refractivity (Wildman–Crippen MR) is 362 cm³/mol. The summed E-state index contributed by atoms with van der Waals surface area (Å²) in [4.78, 5) is 5.27. The van der Waals surface area contributed by atoms with Crippen LogP contribution in [0.15, 0.2) is 340 Å². The number of hydrogen-bond acceptors (Lipinski definition) is 2. The largest absolute Gasteiger partial charge is 0.311 e. The summed E-state index contributed by atoms with van der Waals surface area (Å²) in [6, 6.07) is 128. The van der Waals surface area contributed by atoms with Gasteiger partial charge in [-0.1, -0.05) is 285 Å². The molecule has 2 aliphatic heterocycles. The molecule has 1 aromatic heterocycles. The van der Waals surface area contributed by atoms with Crippen molar-refractivity contribution in [1.29, 1.82) is 0 Å². The van der Waals surface area contributed by atoms with Gasteiger partial charge in [0.25, 0.3) is 6.71 Å². The van der Waals surface area contributed by atoms with Crippen molar-refractivity contribution in [2.45, 2.75) is 0 Å². The van der Waals surface area contributed by atoms with E-state index in [1.165, 1.54) is 96.8 Å². The first-order valence-corrected chi connectivity index (χ1v) is 33.2. The minimum Gasteiger partial charge on any atom is -0.311 e. The third-order valence-electron chi connectivity index (χ3n) is 18.0. The average Bonchev–Trinajstić information content (AvgIpc) is 1.32. The van der Waals surface area contributed by atoms with Crippen LogP contribution >= 0.6 is 0 Å². The Morgan fingerprint density at radius 1 is 0.238 bits per heavy atom. The smallest absolute Gasteiger partial charge is 0.252 e. The summed E-state index contributed by atoms with van der Waals surface area (Å²) >= 11 is 0. The first kappa shape index (κ1) is 49.6. The molecule has 6 heteroatoms. The molecule has 2 aliphatic rings. The van der Waals surface area contributed by atoms with Crippen LogP contribution < -0.4 is 67.7 Å². The number of para-hydroxylation sites is 5. The Morgan fingerprint density at radius 2 is 0.595 bits per heavy atom.